The molecule has 0 unspecified atom stereocenters. The Balaban J connectivity index is 1.84. The van der Waals surface area contributed by atoms with E-state index >= 15 is 0 Å². The summed E-state index contributed by atoms with van der Waals surface area (Å²) in [4.78, 5) is 30.9. The molecule has 4 rings (SSSR count). The lowest BCUT2D eigenvalue weighted by Gasteiger charge is -2.18. The Kier molecular flexibility index (Phi) is 5.19. The lowest BCUT2D eigenvalue weighted by molar-refractivity contribution is -0.113. The van der Waals surface area contributed by atoms with E-state index in [1.165, 1.54) is 0 Å². The minimum absolute atomic E-state index is 0.0792. The van der Waals surface area contributed by atoms with E-state index in [0.29, 0.717) is 12.1 Å². The van der Waals surface area contributed by atoms with E-state index in [4.69, 9.17) is 0 Å². The SMILES string of the molecule is CC(C)C(=C1C(=O)N(Cc2cccc(C(=O)O)c2)c2ccccc21)c1cccnc1. The van der Waals surface area contributed by atoms with Gasteiger partial charge in [-0.3, -0.25) is 9.78 Å². The molecule has 0 bridgehead atoms. The lowest BCUT2D eigenvalue weighted by Crippen LogP contribution is -2.26. The minimum atomic E-state index is -0.982. The highest BCUT2D eigenvalue weighted by Gasteiger charge is 2.35. The molecule has 150 valence electrons. The second-order valence-electron chi connectivity index (χ2n) is 7.60. The predicted molar refractivity (Wildman–Crippen MR) is 117 cm³/mol. The molecule has 2 heterocycles. The number of amides is 1. The third-order valence-electron chi connectivity index (χ3n) is 5.26. The summed E-state index contributed by atoms with van der Waals surface area (Å²) in [6.45, 7) is 4.45. The monoisotopic (exact) mass is 398 g/mol. The summed E-state index contributed by atoms with van der Waals surface area (Å²) in [6.07, 6.45) is 3.51. The number of nitrogens with zero attached hydrogens (tertiary/aromatic N) is 2. The molecule has 0 spiro atoms. The number of carbonyl (C=O) groups is 2. The fourth-order valence-corrected chi connectivity index (χ4v) is 3.97. The van der Waals surface area contributed by atoms with Crippen LogP contribution in [0.25, 0.3) is 11.1 Å². The largest absolute Gasteiger partial charge is 0.478 e. The first kappa shape index (κ1) is 19.6. The molecule has 1 aliphatic heterocycles. The molecule has 0 radical (unpaired) electrons. The number of hydrogen-bond acceptors (Lipinski definition) is 3. The van der Waals surface area contributed by atoms with Crippen LogP contribution in [0.3, 0.4) is 0 Å². The molecule has 0 atom stereocenters. The van der Waals surface area contributed by atoms with E-state index < -0.39 is 5.97 Å². The Bertz CT molecular complexity index is 1150. The standard InChI is InChI=1S/C25H22N2O3/c1-16(2)22(19-9-6-12-26-14-19)23-20-10-3-4-11-21(20)27(24(23)28)15-17-7-5-8-18(13-17)25(29)30/h3-14,16H,15H2,1-2H3,(H,29,30). The first-order chi connectivity index (χ1) is 14.5. The normalized spacial score (nSPS) is 14.8. The zero-order valence-electron chi connectivity index (χ0n) is 16.9. The van der Waals surface area contributed by atoms with Crippen LogP contribution in [0.4, 0.5) is 5.69 Å². The van der Waals surface area contributed by atoms with Gasteiger partial charge >= 0.3 is 5.97 Å². The van der Waals surface area contributed by atoms with Gasteiger partial charge in [-0.05, 0) is 46.9 Å². The molecule has 2 aromatic carbocycles. The maximum atomic E-state index is 13.6. The van der Waals surface area contributed by atoms with Crippen molar-refractivity contribution in [1.82, 2.24) is 4.98 Å². The zero-order valence-corrected chi connectivity index (χ0v) is 16.9. The van der Waals surface area contributed by atoms with E-state index in [0.717, 1.165) is 28.0 Å². The van der Waals surface area contributed by atoms with Crippen molar-refractivity contribution >= 4 is 28.7 Å². The van der Waals surface area contributed by atoms with Crippen molar-refractivity contribution in [2.24, 2.45) is 5.92 Å². The molecule has 30 heavy (non-hydrogen) atoms. The van der Waals surface area contributed by atoms with Crippen molar-refractivity contribution < 1.29 is 14.7 Å². The molecule has 1 N–H and O–H groups in total. The van der Waals surface area contributed by atoms with Crippen LogP contribution < -0.4 is 4.90 Å². The summed E-state index contributed by atoms with van der Waals surface area (Å²) >= 11 is 0. The van der Waals surface area contributed by atoms with Crippen LogP contribution in [-0.4, -0.2) is 22.0 Å². The summed E-state index contributed by atoms with van der Waals surface area (Å²) in [5.74, 6) is -0.940. The number of benzene rings is 2. The molecule has 3 aromatic rings. The van der Waals surface area contributed by atoms with Crippen molar-refractivity contribution in [3.05, 3.63) is 95.3 Å². The van der Waals surface area contributed by atoms with Crippen LogP contribution in [0.2, 0.25) is 0 Å². The molecular weight excluding hydrogens is 376 g/mol. The van der Waals surface area contributed by atoms with Crippen molar-refractivity contribution in [2.75, 3.05) is 4.90 Å². The van der Waals surface area contributed by atoms with Gasteiger partial charge in [0.2, 0.25) is 0 Å². The van der Waals surface area contributed by atoms with Gasteiger partial charge in [0, 0.05) is 18.0 Å². The molecule has 0 aliphatic carbocycles. The third kappa shape index (κ3) is 3.50. The summed E-state index contributed by atoms with van der Waals surface area (Å²) in [7, 11) is 0. The molecule has 1 aliphatic rings. The van der Waals surface area contributed by atoms with Gasteiger partial charge in [0.1, 0.15) is 0 Å². The Hall–Kier alpha value is -3.73. The highest BCUT2D eigenvalue weighted by atomic mass is 16.4. The Morgan fingerprint density at radius 1 is 1.03 bits per heavy atom. The fourth-order valence-electron chi connectivity index (χ4n) is 3.97. The van der Waals surface area contributed by atoms with Gasteiger partial charge in [-0.2, -0.15) is 0 Å². The van der Waals surface area contributed by atoms with Crippen molar-refractivity contribution in [1.29, 1.82) is 0 Å². The lowest BCUT2D eigenvalue weighted by atomic mass is 9.89. The molecule has 0 saturated heterocycles. The Labute approximate surface area is 175 Å². The van der Waals surface area contributed by atoms with E-state index in [1.54, 1.807) is 35.5 Å². The number of hydrogen-bond donors (Lipinski definition) is 1. The van der Waals surface area contributed by atoms with E-state index in [-0.39, 0.29) is 17.4 Å². The number of carboxylic acids is 1. The van der Waals surface area contributed by atoms with Crippen molar-refractivity contribution in [3.63, 3.8) is 0 Å². The van der Waals surface area contributed by atoms with Crippen LogP contribution in [-0.2, 0) is 11.3 Å². The predicted octanol–water partition coefficient (Wildman–Crippen LogP) is 4.89. The van der Waals surface area contributed by atoms with Gasteiger partial charge in [-0.15, -0.1) is 0 Å². The van der Waals surface area contributed by atoms with Gasteiger partial charge < -0.3 is 10.0 Å². The van der Waals surface area contributed by atoms with Crippen LogP contribution >= 0.6 is 0 Å². The second kappa shape index (κ2) is 7.95. The van der Waals surface area contributed by atoms with E-state index in [9.17, 15) is 14.7 Å². The maximum Gasteiger partial charge on any atom is 0.335 e. The number of fused-ring (bicyclic) bond motifs is 1. The number of carbonyl (C=O) groups excluding carboxylic acids is 1. The average molecular weight is 398 g/mol. The summed E-state index contributed by atoms with van der Waals surface area (Å²) in [5.41, 5.74) is 5.28. The van der Waals surface area contributed by atoms with Crippen molar-refractivity contribution in [3.8, 4) is 0 Å². The first-order valence-electron chi connectivity index (χ1n) is 9.85. The first-order valence-corrected chi connectivity index (χ1v) is 9.85. The second-order valence-corrected chi connectivity index (χ2v) is 7.60. The quantitative estimate of drug-likeness (QED) is 0.621. The highest BCUT2D eigenvalue weighted by molar-refractivity contribution is 6.37. The summed E-state index contributed by atoms with van der Waals surface area (Å²) in [6, 6.07) is 18.3. The summed E-state index contributed by atoms with van der Waals surface area (Å²) in [5, 5.41) is 9.29. The van der Waals surface area contributed by atoms with Gasteiger partial charge in [0.05, 0.1) is 23.4 Å². The van der Waals surface area contributed by atoms with Gasteiger partial charge in [-0.1, -0.05) is 50.2 Å². The molecule has 0 fully saturated rings. The number of allylic oxidation sites excluding steroid dienone is 1. The Morgan fingerprint density at radius 2 is 1.80 bits per heavy atom. The average Bonchev–Trinajstić information content (AvgIpc) is 3.01. The molecule has 1 amide bonds. The smallest absolute Gasteiger partial charge is 0.335 e. The van der Waals surface area contributed by atoms with Crippen molar-refractivity contribution in [2.45, 2.75) is 20.4 Å². The van der Waals surface area contributed by atoms with Crippen LogP contribution in [0.15, 0.2) is 73.1 Å². The van der Waals surface area contributed by atoms with Gasteiger partial charge in [-0.25, -0.2) is 4.79 Å². The maximum absolute atomic E-state index is 13.6. The Morgan fingerprint density at radius 3 is 2.50 bits per heavy atom. The number of aromatic nitrogens is 1. The number of rotatable bonds is 5. The molecule has 5 heteroatoms. The van der Waals surface area contributed by atoms with Gasteiger partial charge in [0.15, 0.2) is 0 Å². The number of carboxylic acid groups (broad SMARTS) is 1. The molecule has 1 aromatic heterocycles. The topological polar surface area (TPSA) is 70.5 Å². The number of para-hydroxylation sites is 1. The minimum Gasteiger partial charge on any atom is -0.478 e. The van der Waals surface area contributed by atoms with Crippen LogP contribution in [0.5, 0.6) is 0 Å². The molecule has 0 saturated carbocycles. The number of aromatic carboxylic acids is 1. The zero-order chi connectivity index (χ0) is 21.3. The number of anilines is 1. The number of pyridine rings is 1. The van der Waals surface area contributed by atoms with E-state index in [1.807, 2.05) is 42.5 Å². The van der Waals surface area contributed by atoms with Crippen LogP contribution in [0, 0.1) is 5.92 Å². The summed E-state index contributed by atoms with van der Waals surface area (Å²) < 4.78 is 0. The fraction of sp³-hybridized carbons (Fsp3) is 0.160. The third-order valence-corrected chi connectivity index (χ3v) is 5.26. The molecular formula is C25H22N2O3. The van der Waals surface area contributed by atoms with Gasteiger partial charge in [0.25, 0.3) is 5.91 Å². The molecule has 5 nitrogen and oxygen atoms in total. The van der Waals surface area contributed by atoms with Crippen LogP contribution in [0.1, 0.15) is 40.9 Å². The van der Waals surface area contributed by atoms with E-state index in [2.05, 4.69) is 18.8 Å². The highest BCUT2D eigenvalue weighted by Crippen LogP contribution is 2.43.